The molecule has 19 rings (SSSR count). The Morgan fingerprint density at radius 2 is 0.579 bits per heavy atom. The summed E-state index contributed by atoms with van der Waals surface area (Å²) in [5.41, 5.74) is 17.8. The summed E-state index contributed by atoms with van der Waals surface area (Å²) in [6.45, 7) is 8.29. The second-order valence-electron chi connectivity index (χ2n) is 31.0. The molecule has 5 heterocycles. The first kappa shape index (κ1) is 83.8. The molecule has 0 amide bonds. The first-order valence-corrected chi connectivity index (χ1v) is 41.4. The topological polar surface area (TPSA) is 165 Å². The van der Waals surface area contributed by atoms with E-state index in [1.165, 1.54) is 28.0 Å². The van der Waals surface area contributed by atoms with Crippen molar-refractivity contribution in [3.05, 3.63) is 364 Å². The monoisotopic (exact) mass is 1700 g/mol. The lowest BCUT2D eigenvalue weighted by Crippen LogP contribution is -2.63. The highest BCUT2D eigenvalue weighted by Crippen LogP contribution is 2.55. The van der Waals surface area contributed by atoms with Gasteiger partial charge in [0.05, 0.1) is 22.2 Å². The fraction of sp³-hybridized carbons (Fsp3) is 0.0980. The number of benzene rings is 14. The standard InChI is InChI=1S/C46H30N4.C35H20F9N3O3S.C21H22BNO2/c1-3-9-36(10-4-1)44-48-45(37-11-5-2-6-12-37)50-46(49-44)38-24-18-32(19-25-38)40-27-21-33-20-26-39(29-41(33)30-40)31-16-22-34(23-17-31)42-15-7-13-35-14-8-28-47-43(35)42;36-32(37,34(40,41)42)33(38,39)35(43,44)51(48,49)50-28-18-17-22-13-16-26(19-27(22)20-28)21-11-14-25(15-12-21)31-46-29(23-7-3-1-4-8-23)45-30(47-31)24-9-5-2-6-10-24;1-20(2)21(3,4)25-22(24-20)17-12-10-15(11-13-17)18-9-5-7-16-8-6-14-23-19(16)18/h1-30H;1-20H;5-14H,1-4H3. The molecular weight excluding hydrogens is 1630 g/mol. The fourth-order valence-electron chi connectivity index (χ4n) is 14.6. The van der Waals surface area contributed by atoms with Crippen LogP contribution in [-0.2, 0) is 19.4 Å². The van der Waals surface area contributed by atoms with E-state index in [4.69, 9.17) is 24.3 Å². The van der Waals surface area contributed by atoms with Crippen LogP contribution in [0.25, 0.3) is 167 Å². The molecular formula is C102H72BF9N8O5S. The van der Waals surface area contributed by atoms with Crippen molar-refractivity contribution in [2.75, 3.05) is 0 Å². The van der Waals surface area contributed by atoms with Crippen LogP contribution in [0.1, 0.15) is 27.7 Å². The maximum Gasteiger partial charge on any atom is 0.494 e. The van der Waals surface area contributed by atoms with Gasteiger partial charge in [0, 0.05) is 67.7 Å². The van der Waals surface area contributed by atoms with Gasteiger partial charge in [0.1, 0.15) is 5.75 Å². The minimum Gasteiger partial charge on any atom is -0.399 e. The zero-order valence-electron chi connectivity index (χ0n) is 67.6. The highest BCUT2D eigenvalue weighted by molar-refractivity contribution is 7.88. The number of aromatic nitrogens is 8. The Balaban J connectivity index is 0.000000141. The van der Waals surface area contributed by atoms with Crippen molar-refractivity contribution in [2.45, 2.75) is 62.2 Å². The quantitative estimate of drug-likeness (QED) is 0.0481. The third-order valence-corrected chi connectivity index (χ3v) is 23.5. The molecule has 622 valence electrons. The van der Waals surface area contributed by atoms with Crippen molar-refractivity contribution in [3.8, 4) is 130 Å². The highest BCUT2D eigenvalue weighted by atomic mass is 32.2. The van der Waals surface area contributed by atoms with E-state index in [2.05, 4.69) is 215 Å². The average Bonchev–Trinajstić information content (AvgIpc) is 0.972. The average molecular weight is 1700 g/mol. The van der Waals surface area contributed by atoms with Gasteiger partial charge in [0.15, 0.2) is 34.9 Å². The number of hydrogen-bond donors (Lipinski definition) is 0. The Bertz CT molecular complexity index is 7020. The van der Waals surface area contributed by atoms with Crippen molar-refractivity contribution in [1.82, 2.24) is 39.9 Å². The third kappa shape index (κ3) is 17.0. The number of alkyl halides is 9. The number of nitrogens with zero attached hydrogens (tertiary/aromatic N) is 8. The minimum absolute atomic E-state index is 0.123. The predicted molar refractivity (Wildman–Crippen MR) is 478 cm³/mol. The summed E-state index contributed by atoms with van der Waals surface area (Å²) >= 11 is 0. The highest BCUT2D eigenvalue weighted by Gasteiger charge is 2.86. The predicted octanol–water partition coefficient (Wildman–Crippen LogP) is 25.6. The zero-order chi connectivity index (χ0) is 87.8. The lowest BCUT2D eigenvalue weighted by atomic mass is 9.78. The van der Waals surface area contributed by atoms with Gasteiger partial charge in [0.2, 0.25) is 0 Å². The van der Waals surface area contributed by atoms with Gasteiger partial charge in [-0.05, 0) is 142 Å². The molecule has 4 aromatic heterocycles. The SMILES string of the molecule is CC1(C)OB(c2ccc(-c3cccc4cccnc34)cc2)OC1(C)C.O=S(=O)(Oc1ccc2ccc(-c3ccc(-c4nc(-c5ccccc5)nc(-c5ccccc5)n4)cc3)cc2c1)C(F)(F)C(F)(F)C(F)(F)C(F)(F)F.c1ccc(-c2nc(-c3ccccc3)nc(-c3ccc(-c4ccc5ccc(-c6ccc(-c7cccc8cccnc78)cc6)cc5c4)cc3)n2)cc1. The van der Waals surface area contributed by atoms with E-state index in [1.54, 1.807) is 36.4 Å². The Morgan fingerprint density at radius 3 is 0.929 bits per heavy atom. The molecule has 0 spiro atoms. The van der Waals surface area contributed by atoms with Crippen LogP contribution in [0.15, 0.2) is 364 Å². The van der Waals surface area contributed by atoms with Crippen molar-refractivity contribution < 1.29 is 61.4 Å². The Labute approximate surface area is 719 Å². The fourth-order valence-corrected chi connectivity index (χ4v) is 15.5. The van der Waals surface area contributed by atoms with E-state index in [0.717, 1.165) is 107 Å². The minimum atomic E-state index is -7.42. The van der Waals surface area contributed by atoms with Gasteiger partial charge in [-0.25, -0.2) is 29.9 Å². The van der Waals surface area contributed by atoms with Crippen LogP contribution >= 0.6 is 0 Å². The van der Waals surface area contributed by atoms with Crippen LogP contribution in [0.4, 0.5) is 39.5 Å². The molecule has 0 bridgehead atoms. The van der Waals surface area contributed by atoms with Gasteiger partial charge >= 0.3 is 40.5 Å². The van der Waals surface area contributed by atoms with E-state index in [-0.39, 0.29) is 23.7 Å². The van der Waals surface area contributed by atoms with Gasteiger partial charge in [-0.1, -0.05) is 309 Å². The summed E-state index contributed by atoms with van der Waals surface area (Å²) in [6, 6.07) is 113. The molecule has 18 aromatic rings. The number of pyridine rings is 2. The van der Waals surface area contributed by atoms with E-state index in [0.29, 0.717) is 57.0 Å². The van der Waals surface area contributed by atoms with E-state index < -0.39 is 39.1 Å². The first-order chi connectivity index (χ1) is 60.5. The van der Waals surface area contributed by atoms with Gasteiger partial charge in [-0.15, -0.1) is 0 Å². The largest absolute Gasteiger partial charge is 0.494 e. The third-order valence-electron chi connectivity index (χ3n) is 22.2. The molecule has 0 saturated carbocycles. The first-order valence-electron chi connectivity index (χ1n) is 40.0. The number of halogens is 9. The van der Waals surface area contributed by atoms with Gasteiger partial charge < -0.3 is 13.5 Å². The van der Waals surface area contributed by atoms with Crippen LogP contribution < -0.4 is 9.65 Å². The van der Waals surface area contributed by atoms with Gasteiger partial charge in [-0.3, -0.25) is 9.97 Å². The lowest BCUT2D eigenvalue weighted by molar-refractivity contribution is -0.382. The molecule has 0 radical (unpaired) electrons. The number of hydrogen-bond acceptors (Lipinski definition) is 13. The van der Waals surface area contributed by atoms with Crippen LogP contribution in [0.5, 0.6) is 5.75 Å². The summed E-state index contributed by atoms with van der Waals surface area (Å²) < 4.78 is 160. The normalized spacial score (nSPS) is 13.4. The van der Waals surface area contributed by atoms with E-state index in [1.807, 2.05) is 146 Å². The van der Waals surface area contributed by atoms with Crippen molar-refractivity contribution >= 4 is 66.1 Å². The zero-order valence-corrected chi connectivity index (χ0v) is 68.5. The summed E-state index contributed by atoms with van der Waals surface area (Å²) in [4.78, 5) is 37.8. The summed E-state index contributed by atoms with van der Waals surface area (Å²) in [5.74, 6) is -12.7. The number of fused-ring (bicyclic) bond motifs is 4. The molecule has 1 fully saturated rings. The molecule has 0 aliphatic carbocycles. The maximum atomic E-state index is 14.2. The maximum absolute atomic E-state index is 14.2. The molecule has 0 atom stereocenters. The second-order valence-corrected chi connectivity index (χ2v) is 32.6. The molecule has 126 heavy (non-hydrogen) atoms. The van der Waals surface area contributed by atoms with E-state index >= 15 is 0 Å². The van der Waals surface area contributed by atoms with E-state index in [9.17, 15) is 47.9 Å². The Hall–Kier alpha value is -14.5. The summed E-state index contributed by atoms with van der Waals surface area (Å²) in [5, 5.41) is -1.78. The Morgan fingerprint density at radius 1 is 0.286 bits per heavy atom. The number of rotatable bonds is 17. The van der Waals surface area contributed by atoms with Crippen LogP contribution in [0.3, 0.4) is 0 Å². The molecule has 14 aromatic carbocycles. The molecule has 1 saturated heterocycles. The van der Waals surface area contributed by atoms with Crippen molar-refractivity contribution in [1.29, 1.82) is 0 Å². The smallest absolute Gasteiger partial charge is 0.399 e. The molecule has 24 heteroatoms. The van der Waals surface area contributed by atoms with Gasteiger partial charge in [-0.2, -0.15) is 47.9 Å². The summed E-state index contributed by atoms with van der Waals surface area (Å²) in [7, 11) is -7.43. The Kier molecular flexibility index (Phi) is 22.6. The molecule has 1 aliphatic heterocycles. The molecule has 13 nitrogen and oxygen atoms in total. The number of para-hydroxylation sites is 2. The lowest BCUT2D eigenvalue weighted by Gasteiger charge is -2.32. The second kappa shape index (κ2) is 34.0. The van der Waals surface area contributed by atoms with Crippen molar-refractivity contribution in [3.63, 3.8) is 0 Å². The van der Waals surface area contributed by atoms with Gasteiger partial charge in [0.25, 0.3) is 0 Å². The van der Waals surface area contributed by atoms with Crippen LogP contribution in [0.2, 0.25) is 0 Å². The molecule has 0 unspecified atom stereocenters. The molecule has 0 N–H and O–H groups in total. The molecule has 1 aliphatic rings. The summed E-state index contributed by atoms with van der Waals surface area (Å²) in [6.07, 6.45) is -3.50. The van der Waals surface area contributed by atoms with Crippen LogP contribution in [0, 0.1) is 0 Å². The van der Waals surface area contributed by atoms with Crippen molar-refractivity contribution in [2.24, 2.45) is 0 Å². The van der Waals surface area contributed by atoms with Crippen LogP contribution in [-0.4, -0.2) is 89.9 Å².